The van der Waals surface area contributed by atoms with E-state index in [1.807, 2.05) is 0 Å². The zero-order valence-corrected chi connectivity index (χ0v) is 17.5. The van der Waals surface area contributed by atoms with E-state index >= 15 is 0 Å². The van der Waals surface area contributed by atoms with Crippen molar-refractivity contribution in [3.05, 3.63) is 17.6 Å². The van der Waals surface area contributed by atoms with Crippen molar-refractivity contribution in [1.29, 1.82) is 0 Å². The zero-order chi connectivity index (χ0) is 19.4. The fraction of sp³-hybridized carbons (Fsp3) is 0.792. The molecule has 1 aliphatic heterocycles. The van der Waals surface area contributed by atoms with E-state index < -0.39 is 0 Å². The molecule has 7 rings (SSSR count). The number of carbonyl (C=O) groups excluding carboxylic acids is 1. The second-order valence-corrected chi connectivity index (χ2v) is 10.9. The molecule has 5 aliphatic carbocycles. The van der Waals surface area contributed by atoms with E-state index in [9.17, 15) is 4.79 Å². The van der Waals surface area contributed by atoms with Crippen molar-refractivity contribution in [2.24, 2.45) is 29.1 Å². The first-order valence-corrected chi connectivity index (χ1v) is 12.0. The predicted molar refractivity (Wildman–Crippen MR) is 112 cm³/mol. The van der Waals surface area contributed by atoms with Crippen molar-refractivity contribution in [2.45, 2.75) is 77.2 Å². The molecular formula is C24H34N4O. The molecule has 5 saturated carbocycles. The second-order valence-electron chi connectivity index (χ2n) is 10.9. The average molecular weight is 395 g/mol. The number of amides is 1. The van der Waals surface area contributed by atoms with Gasteiger partial charge in [-0.05, 0) is 81.5 Å². The highest BCUT2D eigenvalue weighted by atomic mass is 16.2. The number of anilines is 1. The van der Waals surface area contributed by atoms with Gasteiger partial charge in [0.25, 0.3) is 0 Å². The molecule has 1 N–H and O–H groups in total. The largest absolute Gasteiger partial charge is 0.310 e. The lowest BCUT2D eigenvalue weighted by atomic mass is 9.49. The van der Waals surface area contributed by atoms with Crippen LogP contribution in [0, 0.1) is 29.1 Å². The van der Waals surface area contributed by atoms with E-state index in [2.05, 4.69) is 20.2 Å². The molecule has 5 heteroatoms. The molecule has 0 spiro atoms. The SMILES string of the molecule is O=C(Nc1ncnc2c1CCN(CC1CCCC1)C2)C12CC3CC(CC(C3)C1)C2. The van der Waals surface area contributed by atoms with Crippen LogP contribution in [-0.2, 0) is 17.8 Å². The molecule has 1 amide bonds. The van der Waals surface area contributed by atoms with Gasteiger partial charge < -0.3 is 5.32 Å². The molecule has 1 aromatic heterocycles. The number of nitrogens with one attached hydrogen (secondary N) is 1. The van der Waals surface area contributed by atoms with Gasteiger partial charge in [-0.3, -0.25) is 9.69 Å². The first kappa shape index (κ1) is 18.3. The van der Waals surface area contributed by atoms with Crippen LogP contribution in [0.5, 0.6) is 0 Å². The van der Waals surface area contributed by atoms with Crippen LogP contribution in [0.1, 0.15) is 75.5 Å². The molecule has 4 bridgehead atoms. The summed E-state index contributed by atoms with van der Waals surface area (Å²) in [6.07, 6.45) is 15.6. The third kappa shape index (κ3) is 3.30. The molecule has 0 radical (unpaired) electrons. The van der Waals surface area contributed by atoms with E-state index in [4.69, 9.17) is 0 Å². The van der Waals surface area contributed by atoms with Crippen molar-refractivity contribution in [3.63, 3.8) is 0 Å². The summed E-state index contributed by atoms with van der Waals surface area (Å²) in [7, 11) is 0. The van der Waals surface area contributed by atoms with E-state index in [1.54, 1.807) is 6.33 Å². The Morgan fingerprint density at radius 3 is 2.45 bits per heavy atom. The Morgan fingerprint density at radius 1 is 1.07 bits per heavy atom. The number of hydrogen-bond donors (Lipinski definition) is 1. The molecule has 0 atom stereocenters. The standard InChI is InChI=1S/C24H34N4O/c29-23(24-10-17-7-18(11-24)9-19(8-17)12-24)27-22-20-5-6-28(13-16-3-1-2-4-16)14-21(20)25-15-26-22/h15-19H,1-14H2,(H,25,26,27,29). The summed E-state index contributed by atoms with van der Waals surface area (Å²) in [4.78, 5) is 25.2. The molecule has 5 nitrogen and oxygen atoms in total. The lowest BCUT2D eigenvalue weighted by molar-refractivity contribution is -0.140. The summed E-state index contributed by atoms with van der Waals surface area (Å²) < 4.78 is 0. The molecule has 0 aromatic carbocycles. The van der Waals surface area contributed by atoms with Crippen LogP contribution in [0.25, 0.3) is 0 Å². The normalized spacial score (nSPS) is 36.3. The van der Waals surface area contributed by atoms with Gasteiger partial charge in [-0.1, -0.05) is 12.8 Å². The van der Waals surface area contributed by atoms with Crippen molar-refractivity contribution < 1.29 is 4.79 Å². The van der Waals surface area contributed by atoms with Gasteiger partial charge in [0.15, 0.2) is 0 Å². The van der Waals surface area contributed by atoms with Crippen molar-refractivity contribution in [2.75, 3.05) is 18.4 Å². The Labute approximate surface area is 174 Å². The number of fused-ring (bicyclic) bond motifs is 1. The summed E-state index contributed by atoms with van der Waals surface area (Å²) >= 11 is 0. The molecule has 2 heterocycles. The Hall–Kier alpha value is -1.49. The van der Waals surface area contributed by atoms with Crippen molar-refractivity contribution in [1.82, 2.24) is 14.9 Å². The first-order valence-electron chi connectivity index (χ1n) is 12.0. The van der Waals surface area contributed by atoms with Gasteiger partial charge in [-0.15, -0.1) is 0 Å². The topological polar surface area (TPSA) is 58.1 Å². The molecule has 156 valence electrons. The Balaban J connectivity index is 1.17. The number of carbonyl (C=O) groups is 1. The third-order valence-electron chi connectivity index (χ3n) is 8.83. The lowest BCUT2D eigenvalue weighted by Crippen LogP contribution is -2.52. The highest BCUT2D eigenvalue weighted by Crippen LogP contribution is 2.60. The van der Waals surface area contributed by atoms with Gasteiger partial charge in [0, 0.05) is 25.2 Å². The van der Waals surface area contributed by atoms with Crippen LogP contribution < -0.4 is 5.32 Å². The zero-order valence-electron chi connectivity index (χ0n) is 17.5. The number of nitrogens with zero attached hydrogens (tertiary/aromatic N) is 3. The monoisotopic (exact) mass is 394 g/mol. The summed E-state index contributed by atoms with van der Waals surface area (Å²) in [6, 6.07) is 0. The minimum Gasteiger partial charge on any atom is -0.310 e. The predicted octanol–water partition coefficient (Wildman–Crippen LogP) is 4.18. The van der Waals surface area contributed by atoms with Gasteiger partial charge in [0.2, 0.25) is 5.91 Å². The maximum absolute atomic E-state index is 13.5. The molecule has 5 fully saturated rings. The molecule has 6 aliphatic rings. The summed E-state index contributed by atoms with van der Waals surface area (Å²) in [5, 5.41) is 3.31. The summed E-state index contributed by atoms with van der Waals surface area (Å²) in [6.45, 7) is 3.18. The van der Waals surface area contributed by atoms with Crippen LogP contribution in [0.2, 0.25) is 0 Å². The Bertz CT molecular complexity index is 765. The number of hydrogen-bond acceptors (Lipinski definition) is 4. The molecule has 1 aromatic rings. The quantitative estimate of drug-likeness (QED) is 0.832. The van der Waals surface area contributed by atoms with Crippen molar-refractivity contribution >= 4 is 11.7 Å². The van der Waals surface area contributed by atoms with Gasteiger partial charge in [-0.25, -0.2) is 9.97 Å². The Morgan fingerprint density at radius 2 is 1.76 bits per heavy atom. The number of rotatable bonds is 4. The van der Waals surface area contributed by atoms with Gasteiger partial charge in [0.1, 0.15) is 12.1 Å². The fourth-order valence-electron chi connectivity index (χ4n) is 7.86. The van der Waals surface area contributed by atoms with Crippen LogP contribution in [0.4, 0.5) is 5.82 Å². The van der Waals surface area contributed by atoms with Crippen LogP contribution in [0.3, 0.4) is 0 Å². The van der Waals surface area contributed by atoms with E-state index in [0.29, 0.717) is 0 Å². The van der Waals surface area contributed by atoms with E-state index in [1.165, 1.54) is 57.1 Å². The Kier molecular flexibility index (Phi) is 4.44. The maximum atomic E-state index is 13.5. The fourth-order valence-corrected chi connectivity index (χ4v) is 7.86. The van der Waals surface area contributed by atoms with Gasteiger partial charge in [-0.2, -0.15) is 0 Å². The molecule has 29 heavy (non-hydrogen) atoms. The van der Waals surface area contributed by atoms with Gasteiger partial charge in [0.05, 0.1) is 11.1 Å². The first-order chi connectivity index (χ1) is 14.2. The molecular weight excluding hydrogens is 360 g/mol. The van der Waals surface area contributed by atoms with Crippen LogP contribution in [0.15, 0.2) is 6.33 Å². The van der Waals surface area contributed by atoms with Gasteiger partial charge >= 0.3 is 0 Å². The minimum atomic E-state index is -0.115. The highest BCUT2D eigenvalue weighted by molar-refractivity contribution is 5.95. The van der Waals surface area contributed by atoms with Crippen LogP contribution in [-0.4, -0.2) is 33.9 Å². The highest BCUT2D eigenvalue weighted by Gasteiger charge is 2.54. The summed E-state index contributed by atoms with van der Waals surface area (Å²) in [5.41, 5.74) is 2.20. The minimum absolute atomic E-state index is 0.115. The average Bonchev–Trinajstić information content (AvgIpc) is 3.20. The molecule has 0 saturated heterocycles. The van der Waals surface area contributed by atoms with E-state index in [-0.39, 0.29) is 11.3 Å². The van der Waals surface area contributed by atoms with Crippen molar-refractivity contribution in [3.8, 4) is 0 Å². The van der Waals surface area contributed by atoms with Crippen LogP contribution >= 0.6 is 0 Å². The number of aromatic nitrogens is 2. The maximum Gasteiger partial charge on any atom is 0.231 e. The second kappa shape index (κ2) is 7.04. The molecule has 0 unspecified atom stereocenters. The van der Waals surface area contributed by atoms with E-state index in [0.717, 1.165) is 74.0 Å². The lowest BCUT2D eigenvalue weighted by Gasteiger charge is -2.55. The third-order valence-corrected chi connectivity index (χ3v) is 8.83. The smallest absolute Gasteiger partial charge is 0.231 e. The summed E-state index contributed by atoms with van der Waals surface area (Å²) in [5.74, 6) is 4.29.